The third-order valence-corrected chi connectivity index (χ3v) is 6.16. The van der Waals surface area contributed by atoms with Gasteiger partial charge in [-0.3, -0.25) is 9.59 Å². The molecule has 35 heavy (non-hydrogen) atoms. The molecule has 186 valence electrons. The Morgan fingerprint density at radius 1 is 1.11 bits per heavy atom. The summed E-state index contributed by atoms with van der Waals surface area (Å²) in [4.78, 5) is 32.1. The van der Waals surface area contributed by atoms with E-state index in [2.05, 4.69) is 9.97 Å². The molecule has 2 aromatic carbocycles. The lowest BCUT2D eigenvalue weighted by atomic mass is 9.84. The number of aromatic amines is 1. The maximum Gasteiger partial charge on any atom is 0.446 e. The monoisotopic (exact) mass is 508 g/mol. The summed E-state index contributed by atoms with van der Waals surface area (Å²) < 4.78 is 56.7. The van der Waals surface area contributed by atoms with Crippen molar-refractivity contribution in [2.24, 2.45) is 5.92 Å². The fraction of sp³-hybridized carbons (Fsp3) is 0.320. The molecule has 1 heterocycles. The van der Waals surface area contributed by atoms with Gasteiger partial charge in [0, 0.05) is 23.8 Å². The molecule has 0 fully saturated rings. The first-order valence-corrected chi connectivity index (χ1v) is 11.6. The number of halogens is 4. The molecule has 0 saturated heterocycles. The molecule has 5 nitrogen and oxygen atoms in total. The number of hydrogen-bond donors (Lipinski definition) is 1. The lowest BCUT2D eigenvalue weighted by molar-refractivity contribution is -0.0328. The number of carbonyl (C=O) groups is 1. The lowest BCUT2D eigenvalue weighted by Gasteiger charge is -2.21. The number of nitrogens with zero attached hydrogens (tertiary/aromatic N) is 1. The highest BCUT2D eigenvalue weighted by atomic mass is 32.2. The van der Waals surface area contributed by atoms with Gasteiger partial charge in [0.05, 0.1) is 7.11 Å². The number of thioether (sulfide) groups is 1. The van der Waals surface area contributed by atoms with E-state index in [1.807, 2.05) is 13.8 Å². The fourth-order valence-electron chi connectivity index (χ4n) is 3.71. The Hall–Kier alpha value is -3.14. The number of ketones is 1. The van der Waals surface area contributed by atoms with Crippen LogP contribution < -0.4 is 10.3 Å². The molecule has 0 aliphatic carbocycles. The van der Waals surface area contributed by atoms with Crippen LogP contribution in [0.15, 0.2) is 58.2 Å². The summed E-state index contributed by atoms with van der Waals surface area (Å²) in [6.07, 6.45) is 0.125. The van der Waals surface area contributed by atoms with Gasteiger partial charge in [0.25, 0.3) is 5.56 Å². The average molecular weight is 509 g/mol. The van der Waals surface area contributed by atoms with Crippen molar-refractivity contribution in [3.8, 4) is 5.75 Å². The summed E-state index contributed by atoms with van der Waals surface area (Å²) in [6, 6.07) is 11.4. The van der Waals surface area contributed by atoms with E-state index in [0.29, 0.717) is 5.56 Å². The van der Waals surface area contributed by atoms with E-state index in [1.54, 1.807) is 18.2 Å². The number of nitrogens with one attached hydrogen (secondary N) is 1. The number of H-pyrrole nitrogens is 1. The summed E-state index contributed by atoms with van der Waals surface area (Å²) in [7, 11) is 1.35. The van der Waals surface area contributed by atoms with Gasteiger partial charge in [0.15, 0.2) is 17.3 Å². The van der Waals surface area contributed by atoms with Crippen molar-refractivity contribution < 1.29 is 27.1 Å². The SMILES string of the molecule is COc1ccc(Cc2nc(C(=O)C[C@@H](c3ccc(SC(F)(F)F)cc3)C(C)C)cc(=O)[nH]2)cc1F. The maximum absolute atomic E-state index is 14.0. The maximum atomic E-state index is 14.0. The molecule has 0 unspecified atom stereocenters. The van der Waals surface area contributed by atoms with Gasteiger partial charge in [0.1, 0.15) is 11.5 Å². The normalized spacial score (nSPS) is 12.6. The molecule has 0 aliphatic rings. The number of rotatable bonds is 9. The van der Waals surface area contributed by atoms with E-state index < -0.39 is 16.9 Å². The topological polar surface area (TPSA) is 72.0 Å². The fourth-order valence-corrected chi connectivity index (χ4v) is 4.25. The number of benzene rings is 2. The van der Waals surface area contributed by atoms with Gasteiger partial charge in [-0.2, -0.15) is 13.2 Å². The summed E-state index contributed by atoms with van der Waals surface area (Å²) in [6.45, 7) is 3.82. The summed E-state index contributed by atoms with van der Waals surface area (Å²) >= 11 is -0.199. The number of Topliss-reactive ketones (excluding diaryl/α,β-unsaturated/α-hetero) is 1. The largest absolute Gasteiger partial charge is 0.494 e. The van der Waals surface area contributed by atoms with E-state index in [9.17, 15) is 27.2 Å². The number of alkyl halides is 3. The Balaban J connectivity index is 1.79. The number of methoxy groups -OCH3 is 1. The second-order valence-electron chi connectivity index (χ2n) is 8.32. The van der Waals surface area contributed by atoms with Gasteiger partial charge in [-0.25, -0.2) is 9.37 Å². The lowest BCUT2D eigenvalue weighted by Crippen LogP contribution is -2.19. The first-order chi connectivity index (χ1) is 16.4. The van der Waals surface area contributed by atoms with Crippen molar-refractivity contribution in [1.82, 2.24) is 9.97 Å². The quantitative estimate of drug-likeness (QED) is 0.214. The number of carbonyl (C=O) groups excluding carboxylic acids is 1. The molecule has 0 saturated carbocycles. The first-order valence-electron chi connectivity index (χ1n) is 10.8. The smallest absolute Gasteiger partial charge is 0.446 e. The summed E-state index contributed by atoms with van der Waals surface area (Å²) in [5, 5.41) is 0. The minimum atomic E-state index is -4.38. The highest BCUT2D eigenvalue weighted by molar-refractivity contribution is 8.00. The Morgan fingerprint density at radius 3 is 2.37 bits per heavy atom. The molecule has 0 bridgehead atoms. The van der Waals surface area contributed by atoms with Crippen molar-refractivity contribution in [2.45, 2.75) is 43.0 Å². The zero-order valence-electron chi connectivity index (χ0n) is 19.3. The van der Waals surface area contributed by atoms with E-state index in [4.69, 9.17) is 4.74 Å². The number of ether oxygens (including phenoxy) is 1. The summed E-state index contributed by atoms with van der Waals surface area (Å²) in [5.74, 6) is -0.912. The van der Waals surface area contributed by atoms with E-state index in [-0.39, 0.29) is 64.4 Å². The van der Waals surface area contributed by atoms with E-state index in [1.165, 1.54) is 31.4 Å². The zero-order valence-corrected chi connectivity index (χ0v) is 20.1. The Labute approximate surface area is 203 Å². The molecule has 0 amide bonds. The molecule has 1 atom stereocenters. The van der Waals surface area contributed by atoms with Crippen molar-refractivity contribution in [2.75, 3.05) is 7.11 Å². The average Bonchev–Trinajstić information content (AvgIpc) is 2.76. The van der Waals surface area contributed by atoms with Crippen LogP contribution in [0.1, 0.15) is 53.6 Å². The van der Waals surface area contributed by atoms with Crippen molar-refractivity contribution in [3.05, 3.63) is 87.3 Å². The molecule has 3 aromatic rings. The number of aromatic nitrogens is 2. The Bertz CT molecular complexity index is 1240. The molecule has 0 radical (unpaired) electrons. The third-order valence-electron chi connectivity index (χ3n) is 5.42. The Morgan fingerprint density at radius 2 is 1.80 bits per heavy atom. The van der Waals surface area contributed by atoms with Crippen LogP contribution in [0.4, 0.5) is 17.6 Å². The Kier molecular flexibility index (Phi) is 8.37. The molecule has 0 aliphatic heterocycles. The van der Waals surface area contributed by atoms with Crippen LogP contribution in [0, 0.1) is 11.7 Å². The standard InChI is InChI=1S/C25H24F4N2O3S/c1-14(2)18(16-5-7-17(8-6-16)35-25(27,28)29)12-21(32)20-13-24(33)31-23(30-20)11-15-4-9-22(34-3)19(26)10-15/h4-10,13-14,18H,11-12H2,1-3H3,(H,30,31,33)/t18-/m1/s1. The second kappa shape index (κ2) is 11.1. The van der Waals surface area contributed by atoms with Crippen molar-refractivity contribution in [3.63, 3.8) is 0 Å². The van der Waals surface area contributed by atoms with Crippen LogP contribution in [-0.4, -0.2) is 28.4 Å². The highest BCUT2D eigenvalue weighted by Crippen LogP contribution is 2.38. The zero-order chi connectivity index (χ0) is 25.8. The molecular weight excluding hydrogens is 484 g/mol. The molecule has 1 aromatic heterocycles. The van der Waals surface area contributed by atoms with Gasteiger partial charge in [-0.15, -0.1) is 0 Å². The van der Waals surface area contributed by atoms with Crippen LogP contribution in [0.2, 0.25) is 0 Å². The van der Waals surface area contributed by atoms with Crippen LogP contribution in [0.3, 0.4) is 0 Å². The van der Waals surface area contributed by atoms with Gasteiger partial charge < -0.3 is 9.72 Å². The van der Waals surface area contributed by atoms with Crippen molar-refractivity contribution >= 4 is 17.5 Å². The van der Waals surface area contributed by atoms with Crippen LogP contribution in [-0.2, 0) is 6.42 Å². The molecule has 1 N–H and O–H groups in total. The summed E-state index contributed by atoms with van der Waals surface area (Å²) in [5.41, 5.74) is -3.66. The predicted octanol–water partition coefficient (Wildman–Crippen LogP) is 6.13. The molecular formula is C25H24F4N2O3S. The predicted molar refractivity (Wildman–Crippen MR) is 125 cm³/mol. The first kappa shape index (κ1) is 26.5. The van der Waals surface area contributed by atoms with Crippen LogP contribution in [0.25, 0.3) is 0 Å². The van der Waals surface area contributed by atoms with Crippen molar-refractivity contribution in [1.29, 1.82) is 0 Å². The highest BCUT2D eigenvalue weighted by Gasteiger charge is 2.29. The van der Waals surface area contributed by atoms with Gasteiger partial charge in [-0.05, 0) is 59.0 Å². The minimum absolute atomic E-state index is 0.00353. The van der Waals surface area contributed by atoms with Crippen LogP contribution >= 0.6 is 11.8 Å². The molecule has 3 rings (SSSR count). The van der Waals surface area contributed by atoms with E-state index >= 15 is 0 Å². The second-order valence-corrected chi connectivity index (χ2v) is 9.46. The number of hydrogen-bond acceptors (Lipinski definition) is 5. The van der Waals surface area contributed by atoms with Gasteiger partial charge in [0.2, 0.25) is 0 Å². The van der Waals surface area contributed by atoms with Gasteiger partial charge in [-0.1, -0.05) is 32.0 Å². The van der Waals surface area contributed by atoms with Crippen LogP contribution in [0.5, 0.6) is 5.75 Å². The van der Waals surface area contributed by atoms with E-state index in [0.717, 1.165) is 11.6 Å². The van der Waals surface area contributed by atoms with Gasteiger partial charge >= 0.3 is 5.51 Å². The minimum Gasteiger partial charge on any atom is -0.494 e. The molecule has 0 spiro atoms. The third kappa shape index (κ3) is 7.42. The molecule has 10 heteroatoms.